The smallest absolute Gasteiger partial charge is 0.290 e. The standard InChI is InChI=1S/C21H19NO5/c1-25-11-10-22-18(13-6-5-7-14(12-13)26-2)17-19(23)15-8-3-4-9-16(15)27-20(17)21(22)24/h3-9,12,18H,10-11H2,1-2H3/t18-/m0/s1. The Morgan fingerprint density at radius 2 is 1.89 bits per heavy atom. The van der Waals surface area contributed by atoms with E-state index in [0.717, 1.165) is 5.56 Å². The average molecular weight is 365 g/mol. The number of hydrogen-bond donors (Lipinski definition) is 0. The van der Waals surface area contributed by atoms with Gasteiger partial charge in [0.1, 0.15) is 11.3 Å². The molecule has 0 spiro atoms. The molecule has 1 aromatic heterocycles. The lowest BCUT2D eigenvalue weighted by Gasteiger charge is -2.25. The minimum Gasteiger partial charge on any atom is -0.497 e. The van der Waals surface area contributed by atoms with Gasteiger partial charge in [-0.3, -0.25) is 9.59 Å². The van der Waals surface area contributed by atoms with Crippen LogP contribution < -0.4 is 10.2 Å². The lowest BCUT2D eigenvalue weighted by atomic mass is 9.98. The predicted octanol–water partition coefficient (Wildman–Crippen LogP) is 2.99. The van der Waals surface area contributed by atoms with Crippen LogP contribution in [0.4, 0.5) is 0 Å². The fraction of sp³-hybridized carbons (Fsp3) is 0.238. The highest BCUT2D eigenvalue weighted by Crippen LogP contribution is 2.38. The normalized spacial score (nSPS) is 16.0. The molecule has 0 bridgehead atoms. The Bertz CT molecular complexity index is 1070. The van der Waals surface area contributed by atoms with E-state index < -0.39 is 6.04 Å². The van der Waals surface area contributed by atoms with E-state index in [9.17, 15) is 9.59 Å². The molecule has 1 aliphatic heterocycles. The van der Waals surface area contributed by atoms with E-state index in [-0.39, 0.29) is 17.1 Å². The zero-order valence-electron chi connectivity index (χ0n) is 15.1. The Morgan fingerprint density at radius 1 is 1.07 bits per heavy atom. The van der Waals surface area contributed by atoms with E-state index in [1.807, 2.05) is 24.3 Å². The molecule has 1 atom stereocenters. The number of carbonyl (C=O) groups excluding carboxylic acids is 1. The number of carbonyl (C=O) groups is 1. The van der Waals surface area contributed by atoms with Crippen LogP contribution in [0.5, 0.6) is 5.75 Å². The summed E-state index contributed by atoms with van der Waals surface area (Å²) < 4.78 is 16.3. The van der Waals surface area contributed by atoms with Crippen LogP contribution in [-0.2, 0) is 4.74 Å². The number of nitrogens with zero attached hydrogens (tertiary/aromatic N) is 1. The van der Waals surface area contributed by atoms with Crippen molar-refractivity contribution in [3.63, 3.8) is 0 Å². The van der Waals surface area contributed by atoms with Gasteiger partial charge in [-0.1, -0.05) is 24.3 Å². The van der Waals surface area contributed by atoms with Gasteiger partial charge in [0, 0.05) is 13.7 Å². The molecule has 0 radical (unpaired) electrons. The Hall–Kier alpha value is -3.12. The van der Waals surface area contributed by atoms with Crippen molar-refractivity contribution in [2.45, 2.75) is 6.04 Å². The molecule has 0 N–H and O–H groups in total. The van der Waals surface area contributed by atoms with Crippen molar-refractivity contribution in [2.75, 3.05) is 27.4 Å². The molecule has 3 aromatic rings. The van der Waals surface area contributed by atoms with Gasteiger partial charge in [-0.15, -0.1) is 0 Å². The monoisotopic (exact) mass is 365 g/mol. The van der Waals surface area contributed by atoms with Gasteiger partial charge in [0.15, 0.2) is 5.43 Å². The SMILES string of the molecule is COCCN1C(=O)c2oc3ccccc3c(=O)c2[C@@H]1c1cccc(OC)c1. The molecule has 27 heavy (non-hydrogen) atoms. The van der Waals surface area contributed by atoms with Gasteiger partial charge in [0.05, 0.1) is 30.7 Å². The quantitative estimate of drug-likeness (QED) is 0.695. The molecular weight excluding hydrogens is 346 g/mol. The number of fused-ring (bicyclic) bond motifs is 2. The fourth-order valence-corrected chi connectivity index (χ4v) is 3.55. The van der Waals surface area contributed by atoms with E-state index in [1.54, 1.807) is 43.4 Å². The van der Waals surface area contributed by atoms with Crippen LogP contribution in [0.3, 0.4) is 0 Å². The maximum Gasteiger partial charge on any atom is 0.290 e. The highest BCUT2D eigenvalue weighted by atomic mass is 16.5. The topological polar surface area (TPSA) is 69.0 Å². The summed E-state index contributed by atoms with van der Waals surface area (Å²) in [6, 6.07) is 13.8. The van der Waals surface area contributed by atoms with Crippen molar-refractivity contribution >= 4 is 16.9 Å². The maximum absolute atomic E-state index is 13.2. The van der Waals surface area contributed by atoms with E-state index in [2.05, 4.69) is 0 Å². The third kappa shape index (κ3) is 2.78. The van der Waals surface area contributed by atoms with Crippen LogP contribution in [0.25, 0.3) is 11.0 Å². The Morgan fingerprint density at radius 3 is 2.67 bits per heavy atom. The van der Waals surface area contributed by atoms with Crippen molar-refractivity contribution in [1.82, 2.24) is 4.90 Å². The largest absolute Gasteiger partial charge is 0.497 e. The number of para-hydroxylation sites is 1. The lowest BCUT2D eigenvalue weighted by molar-refractivity contribution is 0.0663. The summed E-state index contributed by atoms with van der Waals surface area (Å²) in [4.78, 5) is 27.9. The Kier molecular flexibility index (Phi) is 4.41. The molecule has 138 valence electrons. The summed E-state index contributed by atoms with van der Waals surface area (Å²) in [7, 11) is 3.16. The molecule has 0 fully saturated rings. The molecular formula is C21H19NO5. The molecule has 6 heteroatoms. The van der Waals surface area contributed by atoms with E-state index in [0.29, 0.717) is 35.4 Å². The summed E-state index contributed by atoms with van der Waals surface area (Å²) >= 11 is 0. The first-order valence-corrected chi connectivity index (χ1v) is 8.65. The van der Waals surface area contributed by atoms with Crippen molar-refractivity contribution < 1.29 is 18.7 Å². The number of rotatable bonds is 5. The second-order valence-electron chi connectivity index (χ2n) is 6.34. The first-order chi connectivity index (χ1) is 13.2. The highest BCUT2D eigenvalue weighted by Gasteiger charge is 2.42. The van der Waals surface area contributed by atoms with Crippen LogP contribution >= 0.6 is 0 Å². The summed E-state index contributed by atoms with van der Waals surface area (Å²) in [6.07, 6.45) is 0. The summed E-state index contributed by atoms with van der Waals surface area (Å²) in [5.41, 5.74) is 1.38. The maximum atomic E-state index is 13.2. The number of benzene rings is 2. The second-order valence-corrected chi connectivity index (χ2v) is 6.34. The van der Waals surface area contributed by atoms with Crippen LogP contribution in [0, 0.1) is 0 Å². The minimum absolute atomic E-state index is 0.0997. The second kappa shape index (κ2) is 6.89. The fourth-order valence-electron chi connectivity index (χ4n) is 3.55. The molecule has 0 unspecified atom stereocenters. The number of hydrogen-bond acceptors (Lipinski definition) is 5. The number of ether oxygens (including phenoxy) is 2. The molecule has 0 saturated carbocycles. The van der Waals surface area contributed by atoms with E-state index in [1.165, 1.54) is 0 Å². The molecule has 6 nitrogen and oxygen atoms in total. The third-order valence-corrected chi connectivity index (χ3v) is 4.82. The molecule has 1 amide bonds. The molecule has 4 rings (SSSR count). The minimum atomic E-state index is -0.543. The van der Waals surface area contributed by atoms with Gasteiger partial charge in [0.2, 0.25) is 5.76 Å². The van der Waals surface area contributed by atoms with Crippen LogP contribution in [0.1, 0.15) is 27.7 Å². The highest BCUT2D eigenvalue weighted by molar-refractivity contribution is 5.99. The van der Waals surface area contributed by atoms with Gasteiger partial charge in [-0.25, -0.2) is 0 Å². The summed E-state index contributed by atoms with van der Waals surface area (Å²) in [5.74, 6) is 0.450. The average Bonchev–Trinajstić information content (AvgIpc) is 2.99. The molecule has 0 saturated heterocycles. The van der Waals surface area contributed by atoms with Crippen molar-refractivity contribution in [3.8, 4) is 5.75 Å². The van der Waals surface area contributed by atoms with Crippen LogP contribution in [0.2, 0.25) is 0 Å². The molecule has 0 aliphatic carbocycles. The van der Waals surface area contributed by atoms with Gasteiger partial charge in [0.25, 0.3) is 5.91 Å². The van der Waals surface area contributed by atoms with E-state index >= 15 is 0 Å². The molecule has 1 aliphatic rings. The summed E-state index contributed by atoms with van der Waals surface area (Å²) in [5, 5.41) is 0.463. The zero-order valence-corrected chi connectivity index (χ0v) is 15.1. The predicted molar refractivity (Wildman–Crippen MR) is 100 cm³/mol. The van der Waals surface area contributed by atoms with E-state index in [4.69, 9.17) is 13.9 Å². The number of amides is 1. The molecule has 2 heterocycles. The lowest BCUT2D eigenvalue weighted by Crippen LogP contribution is -2.32. The first kappa shape index (κ1) is 17.3. The van der Waals surface area contributed by atoms with Crippen molar-refractivity contribution in [1.29, 1.82) is 0 Å². The van der Waals surface area contributed by atoms with Crippen LogP contribution in [0.15, 0.2) is 57.7 Å². The third-order valence-electron chi connectivity index (χ3n) is 4.82. The van der Waals surface area contributed by atoms with Crippen molar-refractivity contribution in [2.24, 2.45) is 0 Å². The van der Waals surface area contributed by atoms with Gasteiger partial charge < -0.3 is 18.8 Å². The Labute approximate surface area is 155 Å². The Balaban J connectivity index is 1.96. The summed E-state index contributed by atoms with van der Waals surface area (Å²) in [6.45, 7) is 0.700. The van der Waals surface area contributed by atoms with Gasteiger partial charge in [-0.05, 0) is 29.8 Å². The van der Waals surface area contributed by atoms with Gasteiger partial charge >= 0.3 is 0 Å². The number of methoxy groups -OCH3 is 2. The van der Waals surface area contributed by atoms with Crippen LogP contribution in [-0.4, -0.2) is 38.2 Å². The zero-order chi connectivity index (χ0) is 19.0. The first-order valence-electron chi connectivity index (χ1n) is 8.65. The van der Waals surface area contributed by atoms with Gasteiger partial charge in [-0.2, -0.15) is 0 Å². The molecule has 2 aromatic carbocycles. The van der Waals surface area contributed by atoms with Crippen molar-refractivity contribution in [3.05, 3.63) is 75.6 Å².